The van der Waals surface area contributed by atoms with Gasteiger partial charge in [0.25, 0.3) is 5.91 Å². The predicted octanol–water partition coefficient (Wildman–Crippen LogP) is 2.04. The zero-order valence-corrected chi connectivity index (χ0v) is 12.2. The lowest BCUT2D eigenvalue weighted by Gasteiger charge is -2.19. The zero-order chi connectivity index (χ0) is 14.3. The van der Waals surface area contributed by atoms with Crippen LogP contribution in [0.15, 0.2) is 18.2 Å². The topological polar surface area (TPSA) is 58.4 Å². The molecule has 1 rings (SSSR count). The Hall–Kier alpha value is -1.55. The van der Waals surface area contributed by atoms with Crippen LogP contribution in [0.4, 0.5) is 5.69 Å². The molecule has 0 saturated heterocycles. The van der Waals surface area contributed by atoms with Crippen LogP contribution in [0.25, 0.3) is 0 Å². The number of hydrogen-bond donors (Lipinski definition) is 2. The Bertz CT molecular complexity index is 418. The lowest BCUT2D eigenvalue weighted by molar-refractivity contribution is 0.0949. The van der Waals surface area contributed by atoms with Gasteiger partial charge in [-0.15, -0.1) is 0 Å². The molecule has 1 aromatic carbocycles. The van der Waals surface area contributed by atoms with Crippen molar-refractivity contribution >= 4 is 11.6 Å². The van der Waals surface area contributed by atoms with Crippen LogP contribution in [0, 0.1) is 6.92 Å². The number of benzene rings is 1. The third kappa shape index (κ3) is 4.91. The molecule has 0 aromatic heterocycles. The third-order valence-electron chi connectivity index (χ3n) is 3.15. The molecule has 3 N–H and O–H groups in total. The molecule has 19 heavy (non-hydrogen) atoms. The first kappa shape index (κ1) is 15.5. The minimum atomic E-state index is -0.0925. The van der Waals surface area contributed by atoms with Gasteiger partial charge in [0.15, 0.2) is 0 Å². The molecule has 1 aromatic rings. The van der Waals surface area contributed by atoms with Gasteiger partial charge in [0.2, 0.25) is 0 Å². The molecule has 4 nitrogen and oxygen atoms in total. The fraction of sp³-hybridized carbons (Fsp3) is 0.533. The molecule has 0 aliphatic carbocycles. The second-order valence-electron chi connectivity index (χ2n) is 4.78. The van der Waals surface area contributed by atoms with Crippen LogP contribution in [-0.4, -0.2) is 37.0 Å². The maximum atomic E-state index is 12.0. The average Bonchev–Trinajstić information content (AvgIpc) is 2.37. The van der Waals surface area contributed by atoms with Gasteiger partial charge in [-0.05, 0) is 44.1 Å². The summed E-state index contributed by atoms with van der Waals surface area (Å²) in [4.78, 5) is 14.3. The first-order chi connectivity index (χ1) is 9.08. The highest BCUT2D eigenvalue weighted by atomic mass is 16.1. The number of anilines is 1. The third-order valence-corrected chi connectivity index (χ3v) is 3.15. The Balaban J connectivity index is 2.47. The molecule has 0 fully saturated rings. The van der Waals surface area contributed by atoms with Crippen molar-refractivity contribution < 1.29 is 4.79 Å². The van der Waals surface area contributed by atoms with E-state index in [4.69, 9.17) is 5.73 Å². The first-order valence-corrected chi connectivity index (χ1v) is 6.95. The lowest BCUT2D eigenvalue weighted by Crippen LogP contribution is -2.35. The summed E-state index contributed by atoms with van der Waals surface area (Å²) in [6.45, 7) is 9.86. The monoisotopic (exact) mass is 263 g/mol. The van der Waals surface area contributed by atoms with Crippen molar-refractivity contribution in [2.75, 3.05) is 31.9 Å². The number of nitrogens with two attached hydrogens (primary N) is 1. The van der Waals surface area contributed by atoms with Gasteiger partial charge in [0.1, 0.15) is 0 Å². The van der Waals surface area contributed by atoms with Gasteiger partial charge in [-0.2, -0.15) is 0 Å². The quantitative estimate of drug-likeness (QED) is 0.740. The number of nitrogens with zero attached hydrogens (tertiary/aromatic N) is 1. The van der Waals surface area contributed by atoms with E-state index in [0.717, 1.165) is 31.6 Å². The number of hydrogen-bond acceptors (Lipinski definition) is 3. The van der Waals surface area contributed by atoms with Gasteiger partial charge in [0.05, 0.1) is 5.56 Å². The van der Waals surface area contributed by atoms with Crippen LogP contribution in [0.2, 0.25) is 0 Å². The summed E-state index contributed by atoms with van der Waals surface area (Å²) < 4.78 is 0. The number of aryl methyl sites for hydroxylation is 1. The van der Waals surface area contributed by atoms with E-state index in [0.29, 0.717) is 17.8 Å². The van der Waals surface area contributed by atoms with E-state index in [1.165, 1.54) is 0 Å². The molecule has 0 atom stereocenters. The van der Waals surface area contributed by atoms with Gasteiger partial charge in [-0.1, -0.05) is 19.9 Å². The van der Waals surface area contributed by atoms with Crippen LogP contribution < -0.4 is 11.1 Å². The number of carbonyl (C=O) groups excluding carboxylic acids is 1. The molecular weight excluding hydrogens is 238 g/mol. The minimum absolute atomic E-state index is 0.0925. The smallest absolute Gasteiger partial charge is 0.253 e. The number of nitrogen functional groups attached to an aromatic ring is 1. The van der Waals surface area contributed by atoms with Crippen LogP contribution in [-0.2, 0) is 0 Å². The van der Waals surface area contributed by atoms with Crippen LogP contribution in [0.1, 0.15) is 36.2 Å². The maximum Gasteiger partial charge on any atom is 0.253 e. The molecular formula is C15H25N3O. The van der Waals surface area contributed by atoms with E-state index in [9.17, 15) is 4.79 Å². The Kier molecular flexibility index (Phi) is 6.36. The van der Waals surface area contributed by atoms with Crippen molar-refractivity contribution in [1.82, 2.24) is 10.2 Å². The summed E-state index contributed by atoms with van der Waals surface area (Å²) >= 11 is 0. The van der Waals surface area contributed by atoms with Gasteiger partial charge in [-0.3, -0.25) is 4.79 Å². The standard InChI is InChI=1S/C15H25N3O/c1-4-9-18(5-2)10-8-17-15(19)13-7-6-12(3)11-14(13)16/h6-7,11H,4-5,8-10,16H2,1-3H3,(H,17,19). The van der Waals surface area contributed by atoms with Crippen molar-refractivity contribution in [3.05, 3.63) is 29.3 Å². The average molecular weight is 263 g/mol. The molecule has 0 saturated carbocycles. The van der Waals surface area contributed by atoms with E-state index >= 15 is 0 Å². The predicted molar refractivity (Wildman–Crippen MR) is 80.3 cm³/mol. The van der Waals surface area contributed by atoms with Gasteiger partial charge in [-0.25, -0.2) is 0 Å². The highest BCUT2D eigenvalue weighted by Crippen LogP contribution is 2.13. The van der Waals surface area contributed by atoms with E-state index in [1.807, 2.05) is 19.1 Å². The van der Waals surface area contributed by atoms with Crippen molar-refractivity contribution in [1.29, 1.82) is 0 Å². The summed E-state index contributed by atoms with van der Waals surface area (Å²) in [6.07, 6.45) is 1.13. The SMILES string of the molecule is CCCN(CC)CCNC(=O)c1ccc(C)cc1N. The number of rotatable bonds is 7. The fourth-order valence-corrected chi connectivity index (χ4v) is 2.06. The largest absolute Gasteiger partial charge is 0.398 e. The second kappa shape index (κ2) is 7.79. The Labute approximate surface area is 116 Å². The Morgan fingerprint density at radius 3 is 2.63 bits per heavy atom. The summed E-state index contributed by atoms with van der Waals surface area (Å²) in [6, 6.07) is 5.51. The molecule has 0 aliphatic heterocycles. The van der Waals surface area contributed by atoms with Crippen LogP contribution >= 0.6 is 0 Å². The molecule has 0 bridgehead atoms. The van der Waals surface area contributed by atoms with E-state index in [-0.39, 0.29) is 5.91 Å². The first-order valence-electron chi connectivity index (χ1n) is 6.95. The highest BCUT2D eigenvalue weighted by Gasteiger charge is 2.09. The molecule has 0 radical (unpaired) electrons. The highest BCUT2D eigenvalue weighted by molar-refractivity contribution is 5.99. The number of likely N-dealkylation sites (N-methyl/N-ethyl adjacent to an activating group) is 1. The number of carbonyl (C=O) groups is 1. The molecule has 4 heteroatoms. The van der Waals surface area contributed by atoms with Gasteiger partial charge in [0, 0.05) is 18.8 Å². The zero-order valence-electron chi connectivity index (χ0n) is 12.2. The number of nitrogens with one attached hydrogen (secondary N) is 1. The molecule has 0 unspecified atom stereocenters. The molecule has 1 amide bonds. The molecule has 106 valence electrons. The van der Waals surface area contributed by atoms with E-state index in [2.05, 4.69) is 24.1 Å². The summed E-state index contributed by atoms with van der Waals surface area (Å²) in [5, 5.41) is 2.92. The lowest BCUT2D eigenvalue weighted by atomic mass is 10.1. The summed E-state index contributed by atoms with van der Waals surface area (Å²) in [5.74, 6) is -0.0925. The van der Waals surface area contributed by atoms with E-state index in [1.54, 1.807) is 6.07 Å². The number of amides is 1. The summed E-state index contributed by atoms with van der Waals surface area (Å²) in [5.41, 5.74) is 8.02. The normalized spacial score (nSPS) is 10.7. The minimum Gasteiger partial charge on any atom is -0.398 e. The van der Waals surface area contributed by atoms with E-state index < -0.39 is 0 Å². The fourth-order valence-electron chi connectivity index (χ4n) is 2.06. The van der Waals surface area contributed by atoms with Crippen molar-refractivity contribution in [3.8, 4) is 0 Å². The maximum absolute atomic E-state index is 12.0. The summed E-state index contributed by atoms with van der Waals surface area (Å²) in [7, 11) is 0. The van der Waals surface area contributed by atoms with Gasteiger partial charge < -0.3 is 16.0 Å². The van der Waals surface area contributed by atoms with Crippen molar-refractivity contribution in [2.45, 2.75) is 27.2 Å². The molecule has 0 spiro atoms. The Morgan fingerprint density at radius 1 is 1.32 bits per heavy atom. The second-order valence-corrected chi connectivity index (χ2v) is 4.78. The van der Waals surface area contributed by atoms with Crippen molar-refractivity contribution in [3.63, 3.8) is 0 Å². The van der Waals surface area contributed by atoms with Gasteiger partial charge >= 0.3 is 0 Å². The van der Waals surface area contributed by atoms with Crippen molar-refractivity contribution in [2.24, 2.45) is 0 Å². The molecule has 0 heterocycles. The Morgan fingerprint density at radius 2 is 2.05 bits per heavy atom. The molecule has 0 aliphatic rings. The van der Waals surface area contributed by atoms with Crippen LogP contribution in [0.3, 0.4) is 0 Å². The van der Waals surface area contributed by atoms with Crippen LogP contribution in [0.5, 0.6) is 0 Å².